The van der Waals surface area contributed by atoms with E-state index in [1.807, 2.05) is 11.3 Å². The molecule has 0 aliphatic heterocycles. The van der Waals surface area contributed by atoms with Crippen LogP contribution in [0.15, 0.2) is 25.2 Å². The van der Waals surface area contributed by atoms with Crippen LogP contribution in [0.2, 0.25) is 0 Å². The highest BCUT2D eigenvalue weighted by atomic mass is 32.1. The number of methoxy groups -OCH3 is 1. The maximum absolute atomic E-state index is 11.7. The van der Waals surface area contributed by atoms with E-state index in [1.165, 1.54) is 7.11 Å². The molecule has 0 spiro atoms. The molecule has 0 aromatic carbocycles. The summed E-state index contributed by atoms with van der Waals surface area (Å²) in [6.07, 6.45) is 3.36. The molecule has 0 unspecified atom stereocenters. The zero-order valence-corrected chi connectivity index (χ0v) is 10.5. The lowest BCUT2D eigenvalue weighted by molar-refractivity contribution is 0.0599. The molecule has 4 nitrogen and oxygen atoms in total. The molecular formula is C12H12N2O2S. The fraction of sp³-hybridized carbons (Fsp3) is 0.167. The average Bonchev–Trinajstić information content (AvgIpc) is 2.77. The van der Waals surface area contributed by atoms with Crippen LogP contribution in [0.5, 0.6) is 0 Å². The lowest BCUT2D eigenvalue weighted by Crippen LogP contribution is -2.08. The van der Waals surface area contributed by atoms with Gasteiger partial charge in [0.15, 0.2) is 0 Å². The summed E-state index contributed by atoms with van der Waals surface area (Å²) in [5.41, 5.74) is 2.91. The van der Waals surface area contributed by atoms with Crippen LogP contribution >= 0.6 is 12.6 Å². The van der Waals surface area contributed by atoms with E-state index in [9.17, 15) is 4.79 Å². The second-order valence-electron chi connectivity index (χ2n) is 3.64. The number of pyridine rings is 1. The molecule has 0 radical (unpaired) electrons. The Hall–Kier alpha value is -1.75. The molecule has 0 saturated heterocycles. The maximum atomic E-state index is 11.7. The SMILES string of the molecule is C=C(S)c1cc(C(=O)OC)c(C)n2cncc12. The van der Waals surface area contributed by atoms with Crippen molar-refractivity contribution < 1.29 is 9.53 Å². The summed E-state index contributed by atoms with van der Waals surface area (Å²) < 4.78 is 6.57. The van der Waals surface area contributed by atoms with E-state index < -0.39 is 0 Å². The van der Waals surface area contributed by atoms with Gasteiger partial charge in [-0.25, -0.2) is 9.78 Å². The second-order valence-corrected chi connectivity index (χ2v) is 4.18. The van der Waals surface area contributed by atoms with Crippen molar-refractivity contribution in [2.45, 2.75) is 6.92 Å². The highest BCUT2D eigenvalue weighted by Gasteiger charge is 2.15. The van der Waals surface area contributed by atoms with Gasteiger partial charge in [-0.2, -0.15) is 0 Å². The van der Waals surface area contributed by atoms with Crippen LogP contribution in [-0.4, -0.2) is 22.5 Å². The van der Waals surface area contributed by atoms with Crippen molar-refractivity contribution in [3.63, 3.8) is 0 Å². The molecule has 0 aliphatic carbocycles. The number of aryl methyl sites for hydroxylation is 1. The third-order valence-electron chi connectivity index (χ3n) is 2.67. The number of esters is 1. The van der Waals surface area contributed by atoms with Crippen molar-refractivity contribution in [1.29, 1.82) is 0 Å². The number of aromatic nitrogens is 2. The van der Waals surface area contributed by atoms with Crippen LogP contribution in [-0.2, 0) is 4.74 Å². The van der Waals surface area contributed by atoms with Crippen LogP contribution in [0.25, 0.3) is 10.4 Å². The van der Waals surface area contributed by atoms with Crippen molar-refractivity contribution in [1.82, 2.24) is 9.38 Å². The van der Waals surface area contributed by atoms with E-state index in [0.29, 0.717) is 10.5 Å². The predicted octanol–water partition coefficient (Wildman–Crippen LogP) is 2.33. The first-order valence-corrected chi connectivity index (χ1v) is 5.43. The standard InChI is InChI=1S/C12H12N2O2S/c1-7-9(12(15)16-3)4-10(8(2)17)11-5-13-6-14(7)11/h4-6,17H,2H2,1,3H3. The molecule has 2 aromatic heterocycles. The molecule has 2 rings (SSSR count). The number of hydrogen-bond donors (Lipinski definition) is 1. The first kappa shape index (κ1) is 11.7. The number of carbonyl (C=O) groups is 1. The second kappa shape index (κ2) is 4.25. The highest BCUT2D eigenvalue weighted by Crippen LogP contribution is 2.25. The summed E-state index contributed by atoms with van der Waals surface area (Å²) in [4.78, 5) is 16.3. The van der Waals surface area contributed by atoms with E-state index in [-0.39, 0.29) is 5.97 Å². The van der Waals surface area contributed by atoms with Crippen LogP contribution in [0.3, 0.4) is 0 Å². The van der Waals surface area contributed by atoms with Gasteiger partial charge >= 0.3 is 5.97 Å². The number of thiol groups is 1. The van der Waals surface area contributed by atoms with Crippen molar-refractivity contribution in [2.24, 2.45) is 0 Å². The molecular weight excluding hydrogens is 236 g/mol. The van der Waals surface area contributed by atoms with Gasteiger partial charge in [-0.15, -0.1) is 12.6 Å². The van der Waals surface area contributed by atoms with E-state index >= 15 is 0 Å². The van der Waals surface area contributed by atoms with Gasteiger partial charge in [0, 0.05) is 16.2 Å². The Morgan fingerprint density at radius 2 is 2.24 bits per heavy atom. The summed E-state index contributed by atoms with van der Waals surface area (Å²) >= 11 is 4.23. The Bertz CT molecular complexity index is 616. The molecule has 2 aromatic rings. The summed E-state index contributed by atoms with van der Waals surface area (Å²) in [6, 6.07) is 1.73. The molecule has 0 aliphatic rings. The summed E-state index contributed by atoms with van der Waals surface area (Å²) in [5.74, 6) is -0.381. The molecule has 0 saturated carbocycles. The van der Waals surface area contributed by atoms with Gasteiger partial charge in [-0.3, -0.25) is 0 Å². The monoisotopic (exact) mass is 248 g/mol. The van der Waals surface area contributed by atoms with Crippen LogP contribution in [0, 0.1) is 6.92 Å². The van der Waals surface area contributed by atoms with E-state index in [1.54, 1.807) is 18.6 Å². The number of hydrogen-bond acceptors (Lipinski definition) is 4. The average molecular weight is 248 g/mol. The zero-order chi connectivity index (χ0) is 12.6. The summed E-state index contributed by atoms with van der Waals surface area (Å²) in [6.45, 7) is 5.62. The number of fused-ring (bicyclic) bond motifs is 1. The van der Waals surface area contributed by atoms with Gasteiger partial charge in [-0.05, 0) is 13.0 Å². The minimum Gasteiger partial charge on any atom is -0.465 e. The minimum absolute atomic E-state index is 0.381. The lowest BCUT2D eigenvalue weighted by Gasteiger charge is -2.10. The largest absolute Gasteiger partial charge is 0.465 e. The van der Waals surface area contributed by atoms with Gasteiger partial charge in [0.2, 0.25) is 0 Å². The smallest absolute Gasteiger partial charge is 0.339 e. The first-order valence-electron chi connectivity index (χ1n) is 4.98. The van der Waals surface area contributed by atoms with Crippen molar-refractivity contribution in [3.05, 3.63) is 42.0 Å². The number of carbonyl (C=O) groups excluding carboxylic acids is 1. The van der Waals surface area contributed by atoms with E-state index in [4.69, 9.17) is 4.74 Å². The Morgan fingerprint density at radius 1 is 1.53 bits per heavy atom. The Kier molecular flexibility index (Phi) is 2.93. The van der Waals surface area contributed by atoms with Crippen molar-refractivity contribution >= 4 is 29.0 Å². The fourth-order valence-corrected chi connectivity index (χ4v) is 1.94. The highest BCUT2D eigenvalue weighted by molar-refractivity contribution is 7.90. The lowest BCUT2D eigenvalue weighted by atomic mass is 10.1. The van der Waals surface area contributed by atoms with Crippen LogP contribution in [0.1, 0.15) is 21.6 Å². The minimum atomic E-state index is -0.381. The molecule has 2 heterocycles. The molecule has 0 atom stereocenters. The third-order valence-corrected chi connectivity index (χ3v) is 2.91. The number of ether oxygens (including phenoxy) is 1. The molecule has 0 fully saturated rings. The number of nitrogens with zero attached hydrogens (tertiary/aromatic N) is 2. The summed E-state index contributed by atoms with van der Waals surface area (Å²) in [5, 5.41) is 0. The fourth-order valence-electron chi connectivity index (χ4n) is 1.76. The third kappa shape index (κ3) is 1.82. The molecule has 0 amide bonds. The topological polar surface area (TPSA) is 43.6 Å². The van der Waals surface area contributed by atoms with E-state index in [0.717, 1.165) is 16.8 Å². The van der Waals surface area contributed by atoms with Crippen molar-refractivity contribution in [3.8, 4) is 0 Å². The molecule has 17 heavy (non-hydrogen) atoms. The Labute approximate surface area is 104 Å². The Balaban J connectivity index is 2.82. The number of imidazole rings is 1. The van der Waals surface area contributed by atoms with Crippen molar-refractivity contribution in [2.75, 3.05) is 7.11 Å². The van der Waals surface area contributed by atoms with Gasteiger partial charge < -0.3 is 9.14 Å². The van der Waals surface area contributed by atoms with Crippen LogP contribution < -0.4 is 0 Å². The van der Waals surface area contributed by atoms with Gasteiger partial charge in [-0.1, -0.05) is 6.58 Å². The quantitative estimate of drug-likeness (QED) is 0.655. The number of rotatable bonds is 2. The molecule has 0 N–H and O–H groups in total. The van der Waals surface area contributed by atoms with E-state index in [2.05, 4.69) is 24.2 Å². The predicted molar refractivity (Wildman–Crippen MR) is 69.3 cm³/mol. The first-order chi connectivity index (χ1) is 8.06. The maximum Gasteiger partial charge on any atom is 0.339 e. The molecule has 88 valence electrons. The normalized spacial score (nSPS) is 10.5. The van der Waals surface area contributed by atoms with Gasteiger partial charge in [0.05, 0.1) is 30.7 Å². The molecule has 5 heteroatoms. The molecule has 0 bridgehead atoms. The summed E-state index contributed by atoms with van der Waals surface area (Å²) in [7, 11) is 1.36. The Morgan fingerprint density at radius 3 is 2.82 bits per heavy atom. The van der Waals surface area contributed by atoms with Gasteiger partial charge in [0.1, 0.15) is 0 Å². The van der Waals surface area contributed by atoms with Crippen LogP contribution in [0.4, 0.5) is 0 Å². The zero-order valence-electron chi connectivity index (χ0n) is 9.60. The van der Waals surface area contributed by atoms with Gasteiger partial charge in [0.25, 0.3) is 0 Å².